The van der Waals surface area contributed by atoms with Crippen molar-refractivity contribution in [2.45, 2.75) is 13.8 Å². The maximum absolute atomic E-state index is 11.8. The number of hydrogen-bond acceptors (Lipinski definition) is 4. The molecule has 1 aliphatic rings. The molecule has 1 saturated heterocycles. The first-order valence-corrected chi connectivity index (χ1v) is 9.21. The molecule has 4 nitrogen and oxygen atoms in total. The van der Waals surface area contributed by atoms with E-state index in [1.807, 2.05) is 36.4 Å². The molecule has 1 aliphatic heterocycles. The van der Waals surface area contributed by atoms with Crippen LogP contribution in [0.1, 0.15) is 19.4 Å². The number of aliphatic imine (C=N–C) groups is 1. The van der Waals surface area contributed by atoms with Crippen LogP contribution in [0.25, 0.3) is 6.08 Å². The van der Waals surface area contributed by atoms with Gasteiger partial charge in [0.2, 0.25) is 0 Å². The highest BCUT2D eigenvalue weighted by atomic mass is 32.2. The molecule has 1 fully saturated rings. The van der Waals surface area contributed by atoms with Crippen molar-refractivity contribution in [2.75, 3.05) is 18.0 Å². The molecule has 1 amide bonds. The smallest absolute Gasteiger partial charge is 0.289 e. The van der Waals surface area contributed by atoms with E-state index in [1.54, 1.807) is 0 Å². The van der Waals surface area contributed by atoms with Crippen molar-refractivity contribution in [1.82, 2.24) is 5.32 Å². The molecule has 2 aromatic carbocycles. The summed E-state index contributed by atoms with van der Waals surface area (Å²) in [5.41, 5.74) is 3.08. The van der Waals surface area contributed by atoms with Crippen molar-refractivity contribution in [3.63, 3.8) is 0 Å². The van der Waals surface area contributed by atoms with Gasteiger partial charge in [0.05, 0.1) is 10.6 Å². The van der Waals surface area contributed by atoms with E-state index in [0.29, 0.717) is 5.84 Å². The molecule has 0 radical (unpaired) electrons. The summed E-state index contributed by atoms with van der Waals surface area (Å²) in [5.74, 6) is 0.606. The first kappa shape index (κ1) is 17.3. The maximum atomic E-state index is 11.8. The Hall–Kier alpha value is -2.53. The fraction of sp³-hybridized carbons (Fsp3) is 0.200. The van der Waals surface area contributed by atoms with Crippen molar-refractivity contribution < 1.29 is 4.79 Å². The standard InChI is InChI=1S/C20H21N3OS/c1-3-23(4-2)17-12-10-15(11-13-17)14-18-19(22-20(24)25-18)21-16-8-6-5-7-9-16/h5-14H,3-4H2,1-2H3,(H,21,22,24). The number of thioether (sulfide) groups is 1. The normalized spacial score (nSPS) is 17.1. The van der Waals surface area contributed by atoms with E-state index in [1.165, 1.54) is 17.4 Å². The lowest BCUT2D eigenvalue weighted by molar-refractivity contribution is 0.265. The van der Waals surface area contributed by atoms with Crippen LogP contribution in [-0.2, 0) is 0 Å². The van der Waals surface area contributed by atoms with Crippen LogP contribution >= 0.6 is 11.8 Å². The summed E-state index contributed by atoms with van der Waals surface area (Å²) in [7, 11) is 0. The van der Waals surface area contributed by atoms with Gasteiger partial charge >= 0.3 is 0 Å². The highest BCUT2D eigenvalue weighted by Crippen LogP contribution is 2.29. The van der Waals surface area contributed by atoms with Gasteiger partial charge in [-0.2, -0.15) is 0 Å². The minimum atomic E-state index is -0.0966. The molecule has 5 heteroatoms. The molecule has 25 heavy (non-hydrogen) atoms. The molecule has 2 aromatic rings. The predicted octanol–water partition coefficient (Wildman–Crippen LogP) is 5.06. The van der Waals surface area contributed by atoms with Gasteiger partial charge in [-0.15, -0.1) is 0 Å². The van der Waals surface area contributed by atoms with Gasteiger partial charge in [0.1, 0.15) is 5.84 Å². The van der Waals surface area contributed by atoms with Crippen LogP contribution in [0, 0.1) is 0 Å². The molecule has 3 rings (SSSR count). The molecular weight excluding hydrogens is 330 g/mol. The Labute approximate surface area is 152 Å². The molecule has 0 unspecified atom stereocenters. The van der Waals surface area contributed by atoms with Gasteiger partial charge in [0.15, 0.2) is 0 Å². The number of rotatable bonds is 5. The summed E-state index contributed by atoms with van der Waals surface area (Å²) >= 11 is 1.18. The largest absolute Gasteiger partial charge is 0.372 e. The second kappa shape index (κ2) is 8.03. The molecule has 0 bridgehead atoms. The van der Waals surface area contributed by atoms with Crippen molar-refractivity contribution in [2.24, 2.45) is 4.99 Å². The number of carbonyl (C=O) groups excluding carboxylic acids is 1. The highest BCUT2D eigenvalue weighted by molar-refractivity contribution is 8.18. The summed E-state index contributed by atoms with van der Waals surface area (Å²) in [4.78, 5) is 19.5. The molecular formula is C20H21N3OS. The Morgan fingerprint density at radius 2 is 1.72 bits per heavy atom. The number of hydrogen-bond donors (Lipinski definition) is 1. The van der Waals surface area contributed by atoms with E-state index >= 15 is 0 Å². The molecule has 0 aliphatic carbocycles. The lowest BCUT2D eigenvalue weighted by Gasteiger charge is -2.20. The topological polar surface area (TPSA) is 44.7 Å². The number of carbonyl (C=O) groups is 1. The summed E-state index contributed by atoms with van der Waals surface area (Å²) in [6.07, 6.45) is 2.00. The first-order chi connectivity index (χ1) is 12.2. The number of amidine groups is 1. The molecule has 0 saturated carbocycles. The van der Waals surface area contributed by atoms with Crippen LogP contribution in [0.5, 0.6) is 0 Å². The van der Waals surface area contributed by atoms with Gasteiger partial charge in [-0.25, -0.2) is 4.99 Å². The monoisotopic (exact) mass is 351 g/mol. The Bertz CT molecular complexity index is 793. The zero-order valence-electron chi connectivity index (χ0n) is 14.4. The van der Waals surface area contributed by atoms with Crippen LogP contribution < -0.4 is 10.2 Å². The maximum Gasteiger partial charge on any atom is 0.289 e. The summed E-state index contributed by atoms with van der Waals surface area (Å²) in [6.45, 7) is 6.27. The van der Waals surface area contributed by atoms with Crippen molar-refractivity contribution >= 4 is 40.3 Å². The number of nitrogens with zero attached hydrogens (tertiary/aromatic N) is 2. The fourth-order valence-corrected chi connectivity index (χ4v) is 3.40. The Morgan fingerprint density at radius 1 is 1.04 bits per heavy atom. The van der Waals surface area contributed by atoms with E-state index in [-0.39, 0.29) is 5.24 Å². The summed E-state index contributed by atoms with van der Waals surface area (Å²) in [6, 6.07) is 18.0. The third-order valence-corrected chi connectivity index (χ3v) is 4.79. The molecule has 0 atom stereocenters. The fourth-order valence-electron chi connectivity index (χ4n) is 2.67. The number of amides is 1. The number of benzene rings is 2. The average Bonchev–Trinajstić information content (AvgIpc) is 2.97. The molecule has 0 spiro atoms. The van der Waals surface area contributed by atoms with Crippen LogP contribution in [0.15, 0.2) is 64.5 Å². The van der Waals surface area contributed by atoms with Gasteiger partial charge in [0, 0.05) is 18.8 Å². The number of nitrogens with one attached hydrogen (secondary N) is 1. The van der Waals surface area contributed by atoms with Crippen molar-refractivity contribution in [3.05, 3.63) is 65.1 Å². The van der Waals surface area contributed by atoms with E-state index in [0.717, 1.165) is 29.2 Å². The van der Waals surface area contributed by atoms with Gasteiger partial charge < -0.3 is 10.2 Å². The van der Waals surface area contributed by atoms with Crippen LogP contribution in [0.3, 0.4) is 0 Å². The molecule has 1 heterocycles. The zero-order chi connectivity index (χ0) is 17.6. The lowest BCUT2D eigenvalue weighted by Crippen LogP contribution is -2.21. The van der Waals surface area contributed by atoms with Crippen LogP contribution in [0.4, 0.5) is 16.2 Å². The third-order valence-electron chi connectivity index (χ3n) is 3.97. The van der Waals surface area contributed by atoms with Gasteiger partial charge in [-0.05, 0) is 61.5 Å². The Balaban J connectivity index is 1.86. The van der Waals surface area contributed by atoms with E-state index in [4.69, 9.17) is 0 Å². The zero-order valence-corrected chi connectivity index (χ0v) is 15.2. The van der Waals surface area contributed by atoms with Gasteiger partial charge in [-0.1, -0.05) is 30.3 Å². The Morgan fingerprint density at radius 3 is 2.36 bits per heavy atom. The molecule has 0 aromatic heterocycles. The van der Waals surface area contributed by atoms with Crippen molar-refractivity contribution in [3.8, 4) is 0 Å². The second-order valence-electron chi connectivity index (χ2n) is 5.58. The predicted molar refractivity (Wildman–Crippen MR) is 108 cm³/mol. The van der Waals surface area contributed by atoms with Gasteiger partial charge in [0.25, 0.3) is 5.24 Å². The van der Waals surface area contributed by atoms with E-state index in [2.05, 4.69) is 53.3 Å². The van der Waals surface area contributed by atoms with Crippen LogP contribution in [0.2, 0.25) is 0 Å². The average molecular weight is 351 g/mol. The lowest BCUT2D eigenvalue weighted by atomic mass is 10.1. The summed E-state index contributed by atoms with van der Waals surface area (Å²) < 4.78 is 0. The van der Waals surface area contributed by atoms with E-state index < -0.39 is 0 Å². The number of para-hydroxylation sites is 1. The second-order valence-corrected chi connectivity index (χ2v) is 6.60. The third kappa shape index (κ3) is 4.31. The quantitative estimate of drug-likeness (QED) is 0.819. The first-order valence-electron chi connectivity index (χ1n) is 8.39. The van der Waals surface area contributed by atoms with E-state index in [9.17, 15) is 4.79 Å². The van der Waals surface area contributed by atoms with Crippen molar-refractivity contribution in [1.29, 1.82) is 0 Å². The molecule has 1 N–H and O–H groups in total. The number of anilines is 1. The minimum Gasteiger partial charge on any atom is -0.372 e. The van der Waals surface area contributed by atoms with Gasteiger partial charge in [-0.3, -0.25) is 4.79 Å². The highest BCUT2D eigenvalue weighted by Gasteiger charge is 2.23. The SMILES string of the molecule is CCN(CC)c1ccc(C=C2SC(=O)NC2=Nc2ccccc2)cc1. The minimum absolute atomic E-state index is 0.0966. The Kier molecular flexibility index (Phi) is 5.56. The molecule has 128 valence electrons. The summed E-state index contributed by atoms with van der Waals surface area (Å²) in [5, 5.41) is 2.72. The van der Waals surface area contributed by atoms with Crippen LogP contribution in [-0.4, -0.2) is 24.2 Å².